The second kappa shape index (κ2) is 6.41. The van der Waals surface area contributed by atoms with E-state index in [2.05, 4.69) is 4.98 Å². The average Bonchev–Trinajstić information content (AvgIpc) is 2.47. The molecule has 1 aromatic carbocycles. The monoisotopic (exact) mass is 272 g/mol. The molecule has 2 aromatic rings. The minimum Gasteiger partial charge on any atom is -0.482 e. The molecule has 1 aromatic heterocycles. The van der Waals surface area contributed by atoms with Crippen molar-refractivity contribution in [2.24, 2.45) is 0 Å². The fourth-order valence-corrected chi connectivity index (χ4v) is 1.91. The lowest BCUT2D eigenvalue weighted by Gasteiger charge is -2.19. The van der Waals surface area contributed by atoms with Crippen molar-refractivity contribution in [3.8, 4) is 5.75 Å². The summed E-state index contributed by atoms with van der Waals surface area (Å²) in [6.07, 6.45) is 1.91. The van der Waals surface area contributed by atoms with E-state index in [1.165, 1.54) is 12.3 Å². The van der Waals surface area contributed by atoms with Gasteiger partial charge in [0.05, 0.1) is 0 Å². The van der Waals surface area contributed by atoms with Crippen LogP contribution >= 0.6 is 0 Å². The Hall–Kier alpha value is -2.05. The lowest BCUT2D eigenvalue weighted by molar-refractivity contribution is 0.202. The Balaban J connectivity index is 2.25. The number of nitrogens with two attached hydrogens (primary N) is 1. The zero-order valence-electron chi connectivity index (χ0n) is 11.2. The molecule has 0 aliphatic rings. The molecule has 0 aliphatic heterocycles. The number of pyridine rings is 1. The molecular formula is C14H17BN2O3. The van der Waals surface area contributed by atoms with Crippen LogP contribution in [0.5, 0.6) is 5.75 Å². The molecule has 0 saturated heterocycles. The van der Waals surface area contributed by atoms with Gasteiger partial charge in [-0.2, -0.15) is 0 Å². The van der Waals surface area contributed by atoms with Crippen LogP contribution in [-0.4, -0.2) is 22.2 Å². The van der Waals surface area contributed by atoms with Crippen molar-refractivity contribution in [2.75, 3.05) is 5.73 Å². The SMILES string of the molecule is CCC(Oc1cc(B(O)O)cnc1N)c1ccccc1. The second-order valence-electron chi connectivity index (χ2n) is 4.45. The van der Waals surface area contributed by atoms with Crippen LogP contribution in [0.25, 0.3) is 0 Å². The average molecular weight is 272 g/mol. The summed E-state index contributed by atoms with van der Waals surface area (Å²) < 4.78 is 5.86. The summed E-state index contributed by atoms with van der Waals surface area (Å²) in [5, 5.41) is 18.3. The van der Waals surface area contributed by atoms with Gasteiger partial charge in [-0.1, -0.05) is 37.3 Å². The Bertz CT molecular complexity index is 564. The number of anilines is 1. The highest BCUT2D eigenvalue weighted by molar-refractivity contribution is 6.58. The van der Waals surface area contributed by atoms with E-state index in [4.69, 9.17) is 20.5 Å². The molecule has 0 aliphatic carbocycles. The van der Waals surface area contributed by atoms with Gasteiger partial charge in [0.15, 0.2) is 11.6 Å². The lowest BCUT2D eigenvalue weighted by Crippen LogP contribution is -2.30. The van der Waals surface area contributed by atoms with Crippen LogP contribution in [-0.2, 0) is 0 Å². The van der Waals surface area contributed by atoms with E-state index in [0.29, 0.717) is 5.75 Å². The number of aromatic nitrogens is 1. The van der Waals surface area contributed by atoms with E-state index in [-0.39, 0.29) is 17.4 Å². The van der Waals surface area contributed by atoms with Crippen LogP contribution in [0.4, 0.5) is 5.82 Å². The maximum atomic E-state index is 9.17. The van der Waals surface area contributed by atoms with Crippen molar-refractivity contribution in [3.05, 3.63) is 48.2 Å². The van der Waals surface area contributed by atoms with E-state index in [9.17, 15) is 0 Å². The van der Waals surface area contributed by atoms with Crippen LogP contribution in [0, 0.1) is 0 Å². The Kier molecular flexibility index (Phi) is 4.60. The molecule has 5 nitrogen and oxygen atoms in total. The molecule has 1 unspecified atom stereocenters. The van der Waals surface area contributed by atoms with Gasteiger partial charge in [0, 0.05) is 11.7 Å². The Morgan fingerprint density at radius 3 is 2.60 bits per heavy atom. The van der Waals surface area contributed by atoms with Crippen LogP contribution in [0.1, 0.15) is 25.0 Å². The second-order valence-corrected chi connectivity index (χ2v) is 4.45. The van der Waals surface area contributed by atoms with Crippen LogP contribution in [0.15, 0.2) is 42.6 Å². The quantitative estimate of drug-likeness (QED) is 0.703. The van der Waals surface area contributed by atoms with Gasteiger partial charge in [0.2, 0.25) is 0 Å². The van der Waals surface area contributed by atoms with Crippen molar-refractivity contribution in [1.29, 1.82) is 0 Å². The summed E-state index contributed by atoms with van der Waals surface area (Å²) in [7, 11) is -1.60. The fraction of sp³-hybridized carbons (Fsp3) is 0.214. The maximum Gasteiger partial charge on any atom is 0.490 e. The minimum absolute atomic E-state index is 0.161. The third kappa shape index (κ3) is 3.29. The standard InChI is InChI=1S/C14H17BN2O3/c1-2-12(10-6-4-3-5-7-10)20-13-8-11(15(18)19)9-17-14(13)16/h3-9,12,18-19H,2H2,1H3,(H2,16,17). The molecule has 2 rings (SSSR count). The van der Waals surface area contributed by atoms with Crippen molar-refractivity contribution in [1.82, 2.24) is 4.98 Å². The van der Waals surface area contributed by atoms with Gasteiger partial charge in [-0.05, 0) is 18.1 Å². The van der Waals surface area contributed by atoms with Gasteiger partial charge in [0.25, 0.3) is 0 Å². The Morgan fingerprint density at radius 1 is 1.30 bits per heavy atom. The highest BCUT2D eigenvalue weighted by atomic mass is 16.5. The number of nitrogens with zero attached hydrogens (tertiary/aromatic N) is 1. The molecule has 104 valence electrons. The summed E-state index contributed by atoms with van der Waals surface area (Å²) >= 11 is 0. The number of benzene rings is 1. The summed E-state index contributed by atoms with van der Waals surface area (Å²) in [4.78, 5) is 3.91. The molecule has 0 spiro atoms. The summed E-state index contributed by atoms with van der Waals surface area (Å²) in [5.74, 6) is 0.579. The van der Waals surface area contributed by atoms with Gasteiger partial charge in [-0.25, -0.2) is 4.98 Å². The summed E-state index contributed by atoms with van der Waals surface area (Å²) in [5.41, 5.74) is 7.05. The molecule has 0 bridgehead atoms. The van der Waals surface area contributed by atoms with E-state index in [0.717, 1.165) is 12.0 Å². The molecular weight excluding hydrogens is 255 g/mol. The van der Waals surface area contributed by atoms with E-state index >= 15 is 0 Å². The number of hydrogen-bond acceptors (Lipinski definition) is 5. The first-order valence-electron chi connectivity index (χ1n) is 6.45. The zero-order chi connectivity index (χ0) is 14.5. The number of hydrogen-bond donors (Lipinski definition) is 3. The number of rotatable bonds is 5. The highest BCUT2D eigenvalue weighted by Gasteiger charge is 2.17. The third-order valence-corrected chi connectivity index (χ3v) is 3.01. The van der Waals surface area contributed by atoms with E-state index in [1.54, 1.807) is 0 Å². The minimum atomic E-state index is -1.60. The summed E-state index contributed by atoms with van der Waals surface area (Å²) in [6.45, 7) is 2.01. The molecule has 20 heavy (non-hydrogen) atoms. The van der Waals surface area contributed by atoms with Gasteiger partial charge in [-0.15, -0.1) is 0 Å². The summed E-state index contributed by atoms with van der Waals surface area (Å²) in [6, 6.07) is 11.3. The molecule has 6 heteroatoms. The van der Waals surface area contributed by atoms with Crippen molar-refractivity contribution in [2.45, 2.75) is 19.4 Å². The van der Waals surface area contributed by atoms with E-state index < -0.39 is 7.12 Å². The molecule has 1 atom stereocenters. The predicted octanol–water partition coefficient (Wildman–Crippen LogP) is 0.874. The molecule has 0 fully saturated rings. The van der Waals surface area contributed by atoms with E-state index in [1.807, 2.05) is 37.3 Å². The van der Waals surface area contributed by atoms with Crippen LogP contribution < -0.4 is 15.9 Å². The predicted molar refractivity (Wildman–Crippen MR) is 78.6 cm³/mol. The molecule has 0 saturated carbocycles. The smallest absolute Gasteiger partial charge is 0.482 e. The van der Waals surface area contributed by atoms with Crippen LogP contribution in [0.2, 0.25) is 0 Å². The Morgan fingerprint density at radius 2 is 2.00 bits per heavy atom. The maximum absolute atomic E-state index is 9.17. The lowest BCUT2D eigenvalue weighted by atomic mass is 9.81. The molecule has 0 amide bonds. The fourth-order valence-electron chi connectivity index (χ4n) is 1.91. The van der Waals surface area contributed by atoms with Crippen molar-refractivity contribution < 1.29 is 14.8 Å². The number of nitrogen functional groups attached to an aromatic ring is 1. The van der Waals surface area contributed by atoms with Gasteiger partial charge >= 0.3 is 7.12 Å². The zero-order valence-corrected chi connectivity index (χ0v) is 11.2. The first-order chi connectivity index (χ1) is 9.61. The largest absolute Gasteiger partial charge is 0.490 e. The number of ether oxygens (including phenoxy) is 1. The molecule has 1 heterocycles. The van der Waals surface area contributed by atoms with Gasteiger partial charge in [-0.3, -0.25) is 0 Å². The first kappa shape index (κ1) is 14.4. The van der Waals surface area contributed by atoms with Crippen molar-refractivity contribution >= 4 is 18.4 Å². The van der Waals surface area contributed by atoms with Crippen molar-refractivity contribution in [3.63, 3.8) is 0 Å². The van der Waals surface area contributed by atoms with Crippen LogP contribution in [0.3, 0.4) is 0 Å². The third-order valence-electron chi connectivity index (χ3n) is 3.01. The normalized spacial score (nSPS) is 11.9. The first-order valence-corrected chi connectivity index (χ1v) is 6.45. The Labute approximate surface area is 118 Å². The molecule has 4 N–H and O–H groups in total. The molecule has 0 radical (unpaired) electrons. The van der Waals surface area contributed by atoms with Gasteiger partial charge in [0.1, 0.15) is 6.10 Å². The van der Waals surface area contributed by atoms with Gasteiger partial charge < -0.3 is 20.5 Å². The highest BCUT2D eigenvalue weighted by Crippen LogP contribution is 2.27. The topological polar surface area (TPSA) is 88.6 Å².